The topological polar surface area (TPSA) is 17.0 Å². The van der Waals surface area contributed by atoms with E-state index in [1.54, 1.807) is 6.08 Å². The Hall–Kier alpha value is -2.35. The van der Waals surface area contributed by atoms with Gasteiger partial charge in [-0.3, -0.25) is 0 Å². The van der Waals surface area contributed by atoms with Gasteiger partial charge in [-0.05, 0) is 24.1 Å². The Morgan fingerprint density at radius 3 is 2.58 bits per heavy atom. The van der Waals surface area contributed by atoms with Gasteiger partial charge in [-0.2, -0.15) is 4.57 Å². The molecule has 19 heavy (non-hydrogen) atoms. The fourth-order valence-corrected chi connectivity index (χ4v) is 2.39. The van der Waals surface area contributed by atoms with E-state index in [4.69, 9.17) is 4.42 Å². The van der Waals surface area contributed by atoms with Crippen LogP contribution in [-0.2, 0) is 6.54 Å². The van der Waals surface area contributed by atoms with Crippen LogP contribution in [0.3, 0.4) is 0 Å². The highest BCUT2D eigenvalue weighted by Gasteiger charge is 2.18. The van der Waals surface area contributed by atoms with Gasteiger partial charge in [0.1, 0.15) is 6.54 Å². The summed E-state index contributed by atoms with van der Waals surface area (Å²) in [5.74, 6) is 0.808. The van der Waals surface area contributed by atoms with Gasteiger partial charge in [-0.15, -0.1) is 0 Å². The molecule has 3 aromatic rings. The first kappa shape index (κ1) is 11.7. The van der Waals surface area contributed by atoms with Gasteiger partial charge >= 0.3 is 5.89 Å². The number of rotatable bonds is 3. The van der Waals surface area contributed by atoms with Gasteiger partial charge in [-0.1, -0.05) is 43.0 Å². The summed E-state index contributed by atoms with van der Waals surface area (Å²) >= 11 is 0. The van der Waals surface area contributed by atoms with Crippen molar-refractivity contribution in [2.24, 2.45) is 0 Å². The molecule has 0 atom stereocenters. The van der Waals surface area contributed by atoms with Crippen LogP contribution in [0.15, 0.2) is 59.5 Å². The van der Waals surface area contributed by atoms with Crippen LogP contribution in [0, 0.1) is 0 Å². The van der Waals surface area contributed by atoms with Crippen LogP contribution in [0.1, 0.15) is 12.8 Å². The molecule has 2 nitrogen and oxygen atoms in total. The highest BCUT2D eigenvalue weighted by atomic mass is 16.3. The van der Waals surface area contributed by atoms with Crippen LogP contribution in [-0.4, -0.2) is 0 Å². The van der Waals surface area contributed by atoms with Crippen molar-refractivity contribution in [3.8, 4) is 11.1 Å². The number of hydrogen-bond donors (Lipinski definition) is 0. The first-order valence-corrected chi connectivity index (χ1v) is 6.47. The Morgan fingerprint density at radius 2 is 1.89 bits per heavy atom. The summed E-state index contributed by atoms with van der Waals surface area (Å²) in [6.45, 7) is 6.78. The number of nitrogens with zero attached hydrogens (tertiary/aromatic N) is 1. The molecule has 0 saturated heterocycles. The summed E-state index contributed by atoms with van der Waals surface area (Å²) in [5, 5.41) is 0. The lowest BCUT2D eigenvalue weighted by molar-refractivity contribution is -0.674. The SMILES string of the molecule is C=Cc1oc2ccc(-c3ccccc3)cc2[n+]1CC. The van der Waals surface area contributed by atoms with Crippen LogP contribution in [0.25, 0.3) is 28.3 Å². The molecule has 0 unspecified atom stereocenters. The summed E-state index contributed by atoms with van der Waals surface area (Å²) < 4.78 is 7.91. The van der Waals surface area contributed by atoms with Crippen molar-refractivity contribution in [2.45, 2.75) is 13.5 Å². The quantitative estimate of drug-likeness (QED) is 0.641. The van der Waals surface area contributed by atoms with E-state index in [0.29, 0.717) is 0 Å². The summed E-state index contributed by atoms with van der Waals surface area (Å²) in [5.41, 5.74) is 4.43. The third-order valence-corrected chi connectivity index (χ3v) is 3.33. The zero-order valence-corrected chi connectivity index (χ0v) is 11.0. The lowest BCUT2D eigenvalue weighted by Crippen LogP contribution is -2.33. The minimum absolute atomic E-state index is 0.808. The minimum Gasteiger partial charge on any atom is -0.398 e. The smallest absolute Gasteiger partial charge is 0.373 e. The van der Waals surface area contributed by atoms with Gasteiger partial charge in [0.15, 0.2) is 0 Å². The number of fused-ring (bicyclic) bond motifs is 1. The molecule has 0 amide bonds. The number of hydrogen-bond acceptors (Lipinski definition) is 1. The molecule has 2 heteroatoms. The van der Waals surface area contributed by atoms with Crippen molar-refractivity contribution in [2.75, 3.05) is 0 Å². The lowest BCUT2D eigenvalue weighted by atomic mass is 10.1. The summed E-state index contributed by atoms with van der Waals surface area (Å²) in [7, 11) is 0. The largest absolute Gasteiger partial charge is 0.398 e. The average molecular weight is 250 g/mol. The molecule has 0 saturated carbocycles. The lowest BCUT2D eigenvalue weighted by Gasteiger charge is -1.99. The first-order chi connectivity index (χ1) is 9.33. The summed E-state index contributed by atoms with van der Waals surface area (Å²) in [6.07, 6.45) is 1.76. The molecule has 0 radical (unpaired) electrons. The molecule has 2 aromatic carbocycles. The Morgan fingerprint density at radius 1 is 1.11 bits per heavy atom. The second kappa shape index (κ2) is 4.73. The predicted octanol–water partition coefficient (Wildman–Crippen LogP) is 4.05. The molecule has 0 bridgehead atoms. The highest BCUT2D eigenvalue weighted by molar-refractivity contribution is 5.78. The van der Waals surface area contributed by atoms with Gasteiger partial charge in [0.25, 0.3) is 5.52 Å². The van der Waals surface area contributed by atoms with E-state index < -0.39 is 0 Å². The van der Waals surface area contributed by atoms with Crippen molar-refractivity contribution >= 4 is 17.2 Å². The Kier molecular flexibility index (Phi) is 2.92. The van der Waals surface area contributed by atoms with E-state index in [0.717, 1.165) is 23.5 Å². The van der Waals surface area contributed by atoms with Crippen molar-refractivity contribution in [3.63, 3.8) is 0 Å². The monoisotopic (exact) mass is 250 g/mol. The van der Waals surface area contributed by atoms with Crippen molar-refractivity contribution in [3.05, 3.63) is 61.0 Å². The van der Waals surface area contributed by atoms with Crippen molar-refractivity contribution < 1.29 is 8.98 Å². The third-order valence-electron chi connectivity index (χ3n) is 3.33. The highest BCUT2D eigenvalue weighted by Crippen LogP contribution is 2.24. The van der Waals surface area contributed by atoms with E-state index in [9.17, 15) is 0 Å². The van der Waals surface area contributed by atoms with Crippen LogP contribution < -0.4 is 4.57 Å². The van der Waals surface area contributed by atoms with Crippen LogP contribution in [0.2, 0.25) is 0 Å². The van der Waals surface area contributed by atoms with Crippen molar-refractivity contribution in [1.82, 2.24) is 0 Å². The van der Waals surface area contributed by atoms with E-state index in [1.165, 1.54) is 11.1 Å². The van der Waals surface area contributed by atoms with E-state index in [2.05, 4.69) is 54.5 Å². The third kappa shape index (κ3) is 1.95. The zero-order chi connectivity index (χ0) is 13.2. The molecule has 0 N–H and O–H groups in total. The molecule has 0 spiro atoms. The number of benzene rings is 2. The Bertz CT molecular complexity index is 726. The standard InChI is InChI=1S/C17H16NO/c1-3-17-18(4-2)15-12-14(10-11-16(15)19-17)13-8-6-5-7-9-13/h3,5-12H,1,4H2,2H3/q+1. The van der Waals surface area contributed by atoms with Crippen LogP contribution in [0.4, 0.5) is 0 Å². The first-order valence-electron chi connectivity index (χ1n) is 6.47. The maximum Gasteiger partial charge on any atom is 0.373 e. The van der Waals surface area contributed by atoms with E-state index in [1.807, 2.05) is 12.1 Å². The van der Waals surface area contributed by atoms with E-state index in [-0.39, 0.29) is 0 Å². The normalized spacial score (nSPS) is 10.8. The van der Waals surface area contributed by atoms with Gasteiger partial charge in [-0.25, -0.2) is 0 Å². The summed E-state index contributed by atoms with van der Waals surface area (Å²) in [4.78, 5) is 0. The second-order valence-electron chi connectivity index (χ2n) is 4.44. The van der Waals surface area contributed by atoms with Gasteiger partial charge < -0.3 is 4.42 Å². The number of aryl methyl sites for hydroxylation is 1. The number of oxazole rings is 1. The number of aromatic nitrogens is 1. The van der Waals surface area contributed by atoms with Crippen LogP contribution in [0.5, 0.6) is 0 Å². The second-order valence-corrected chi connectivity index (χ2v) is 4.44. The molecule has 0 aliphatic carbocycles. The summed E-state index contributed by atoms with van der Waals surface area (Å²) in [6, 6.07) is 16.7. The molecule has 3 rings (SSSR count). The van der Waals surface area contributed by atoms with Crippen molar-refractivity contribution in [1.29, 1.82) is 0 Å². The van der Waals surface area contributed by atoms with Gasteiger partial charge in [0.2, 0.25) is 5.58 Å². The fraction of sp³-hybridized carbons (Fsp3) is 0.118. The maximum absolute atomic E-state index is 5.77. The molecule has 0 aliphatic heterocycles. The molecular formula is C17H16NO+. The van der Waals surface area contributed by atoms with Crippen LogP contribution >= 0.6 is 0 Å². The molecule has 94 valence electrons. The fourth-order valence-electron chi connectivity index (χ4n) is 2.39. The Labute approximate surface area is 112 Å². The average Bonchev–Trinajstić information content (AvgIpc) is 2.84. The van der Waals surface area contributed by atoms with E-state index >= 15 is 0 Å². The predicted molar refractivity (Wildman–Crippen MR) is 77.6 cm³/mol. The maximum atomic E-state index is 5.77. The molecular weight excluding hydrogens is 234 g/mol. The Balaban J connectivity index is 2.23. The molecule has 0 aliphatic rings. The van der Waals surface area contributed by atoms with Gasteiger partial charge in [0, 0.05) is 12.1 Å². The zero-order valence-electron chi connectivity index (χ0n) is 11.0. The molecule has 1 heterocycles. The minimum atomic E-state index is 0.808. The molecule has 0 fully saturated rings. The van der Waals surface area contributed by atoms with Gasteiger partial charge in [0.05, 0.1) is 0 Å². The molecule has 1 aromatic heterocycles.